The van der Waals surface area contributed by atoms with Crippen molar-refractivity contribution in [2.24, 2.45) is 0 Å². The summed E-state index contributed by atoms with van der Waals surface area (Å²) < 4.78 is 6.12. The van der Waals surface area contributed by atoms with Crippen LogP contribution in [0.25, 0.3) is 0 Å². The number of aliphatic hydroxyl groups excluding tert-OH is 2. The number of hydrogen-bond acceptors (Lipinski definition) is 7. The summed E-state index contributed by atoms with van der Waals surface area (Å²) in [6, 6.07) is 0. The molecule has 2 atom stereocenters. The summed E-state index contributed by atoms with van der Waals surface area (Å²) in [5.41, 5.74) is -2.76. The summed E-state index contributed by atoms with van der Waals surface area (Å²) in [6.07, 6.45) is -0.769. The maximum Gasteiger partial charge on any atom is 0.350 e. The summed E-state index contributed by atoms with van der Waals surface area (Å²) in [6.45, 7) is 0.813. The number of ether oxygens (including phenoxy) is 1. The first-order valence-corrected chi connectivity index (χ1v) is 5.77. The SMILES string of the molecule is CC(O[C@H](CO)CCO)n1cc([N+](=O)[O-])c(=O)[nH]c1=O. The fourth-order valence-electron chi connectivity index (χ4n) is 1.57. The number of nitrogens with zero attached hydrogens (tertiary/aromatic N) is 2. The second kappa shape index (κ2) is 6.93. The van der Waals surface area contributed by atoms with Crippen LogP contribution < -0.4 is 11.2 Å². The number of aromatic nitrogens is 2. The molecule has 20 heavy (non-hydrogen) atoms. The van der Waals surface area contributed by atoms with Crippen molar-refractivity contribution in [2.45, 2.75) is 25.7 Å². The number of rotatable bonds is 7. The van der Waals surface area contributed by atoms with Crippen LogP contribution in [0.3, 0.4) is 0 Å². The highest BCUT2D eigenvalue weighted by Gasteiger charge is 2.20. The van der Waals surface area contributed by atoms with E-state index >= 15 is 0 Å². The topological polar surface area (TPSA) is 148 Å². The summed E-state index contributed by atoms with van der Waals surface area (Å²) in [5, 5.41) is 28.4. The summed E-state index contributed by atoms with van der Waals surface area (Å²) in [5.74, 6) is 0. The first-order valence-electron chi connectivity index (χ1n) is 5.77. The quantitative estimate of drug-likeness (QED) is 0.418. The lowest BCUT2D eigenvalue weighted by molar-refractivity contribution is -0.387. The number of nitrogens with one attached hydrogen (secondary N) is 1. The normalized spacial score (nSPS) is 13.9. The average molecular weight is 289 g/mol. The van der Waals surface area contributed by atoms with Crippen molar-refractivity contribution < 1.29 is 19.9 Å². The Balaban J connectivity index is 3.06. The summed E-state index contributed by atoms with van der Waals surface area (Å²) in [7, 11) is 0. The van der Waals surface area contributed by atoms with Crippen LogP contribution >= 0.6 is 0 Å². The Morgan fingerprint density at radius 2 is 2.15 bits per heavy atom. The molecule has 3 N–H and O–H groups in total. The molecule has 112 valence electrons. The van der Waals surface area contributed by atoms with Crippen molar-refractivity contribution in [2.75, 3.05) is 13.2 Å². The molecule has 10 heteroatoms. The van der Waals surface area contributed by atoms with Gasteiger partial charge in [-0.25, -0.2) is 4.79 Å². The molecule has 1 rings (SSSR count). The number of aromatic amines is 1. The Morgan fingerprint density at radius 1 is 1.50 bits per heavy atom. The molecule has 0 bridgehead atoms. The van der Waals surface area contributed by atoms with Gasteiger partial charge in [-0.1, -0.05) is 0 Å². The first kappa shape index (κ1) is 16.0. The molecule has 0 amide bonds. The summed E-state index contributed by atoms with van der Waals surface area (Å²) in [4.78, 5) is 34.3. The maximum absolute atomic E-state index is 11.6. The third kappa shape index (κ3) is 3.73. The van der Waals surface area contributed by atoms with Crippen LogP contribution in [0, 0.1) is 10.1 Å². The molecule has 0 spiro atoms. The molecule has 0 aliphatic rings. The van der Waals surface area contributed by atoms with Crippen molar-refractivity contribution in [1.82, 2.24) is 9.55 Å². The Labute approximate surface area is 112 Å². The van der Waals surface area contributed by atoms with Crippen LogP contribution in [0.4, 0.5) is 5.69 Å². The van der Waals surface area contributed by atoms with Gasteiger partial charge in [0.15, 0.2) is 0 Å². The molecule has 10 nitrogen and oxygen atoms in total. The van der Waals surface area contributed by atoms with Crippen LogP contribution in [0.2, 0.25) is 0 Å². The molecule has 1 heterocycles. The highest BCUT2D eigenvalue weighted by atomic mass is 16.6. The lowest BCUT2D eigenvalue weighted by Gasteiger charge is -2.21. The van der Waals surface area contributed by atoms with Gasteiger partial charge in [0.1, 0.15) is 6.23 Å². The molecular formula is C10H15N3O7. The molecule has 0 fully saturated rings. The number of aliphatic hydroxyl groups is 2. The van der Waals surface area contributed by atoms with Gasteiger partial charge < -0.3 is 14.9 Å². The van der Waals surface area contributed by atoms with E-state index in [4.69, 9.17) is 14.9 Å². The van der Waals surface area contributed by atoms with E-state index in [-0.39, 0.29) is 19.6 Å². The van der Waals surface area contributed by atoms with E-state index in [1.165, 1.54) is 6.92 Å². The van der Waals surface area contributed by atoms with Crippen LogP contribution in [-0.4, -0.2) is 44.0 Å². The predicted octanol–water partition coefficient (Wildman–Crippen LogP) is -1.28. The molecule has 1 aromatic heterocycles. The Morgan fingerprint density at radius 3 is 2.65 bits per heavy atom. The maximum atomic E-state index is 11.6. The Bertz CT molecular complexity index is 579. The number of H-pyrrole nitrogens is 1. The van der Waals surface area contributed by atoms with Crippen molar-refractivity contribution >= 4 is 5.69 Å². The zero-order valence-corrected chi connectivity index (χ0v) is 10.7. The van der Waals surface area contributed by atoms with Gasteiger partial charge in [-0.15, -0.1) is 0 Å². The van der Waals surface area contributed by atoms with Gasteiger partial charge in [-0.2, -0.15) is 0 Å². The molecular weight excluding hydrogens is 274 g/mol. The zero-order valence-electron chi connectivity index (χ0n) is 10.7. The minimum Gasteiger partial charge on any atom is -0.396 e. The molecule has 0 radical (unpaired) electrons. The second-order valence-electron chi connectivity index (χ2n) is 3.99. The molecule has 0 aliphatic heterocycles. The monoisotopic (exact) mass is 289 g/mol. The largest absolute Gasteiger partial charge is 0.396 e. The standard InChI is InChI=1S/C10H15N3O7/c1-6(20-7(5-15)2-3-14)12-4-8(13(18)19)9(16)11-10(12)17/h4,6-7,14-15H,2-3,5H2,1H3,(H,11,16,17)/t6?,7-/m0/s1. The van der Waals surface area contributed by atoms with E-state index < -0.39 is 34.2 Å². The smallest absolute Gasteiger partial charge is 0.350 e. The Kier molecular flexibility index (Phi) is 5.55. The third-order valence-corrected chi connectivity index (χ3v) is 2.58. The van der Waals surface area contributed by atoms with E-state index in [1.807, 2.05) is 4.98 Å². The second-order valence-corrected chi connectivity index (χ2v) is 3.99. The van der Waals surface area contributed by atoms with Gasteiger partial charge >= 0.3 is 16.9 Å². The molecule has 0 saturated carbocycles. The van der Waals surface area contributed by atoms with E-state index in [0.29, 0.717) is 0 Å². The van der Waals surface area contributed by atoms with Gasteiger partial charge in [0.25, 0.3) is 0 Å². The fraction of sp³-hybridized carbons (Fsp3) is 0.600. The van der Waals surface area contributed by atoms with E-state index in [1.54, 1.807) is 0 Å². The van der Waals surface area contributed by atoms with Crippen LogP contribution in [0.5, 0.6) is 0 Å². The Hall–Kier alpha value is -2.04. The highest BCUT2D eigenvalue weighted by Crippen LogP contribution is 2.12. The molecule has 1 aromatic rings. The minimum absolute atomic E-state index is 0.140. The van der Waals surface area contributed by atoms with E-state index in [0.717, 1.165) is 10.8 Å². The van der Waals surface area contributed by atoms with Crippen molar-refractivity contribution in [3.8, 4) is 0 Å². The van der Waals surface area contributed by atoms with Crippen molar-refractivity contribution in [1.29, 1.82) is 0 Å². The van der Waals surface area contributed by atoms with Crippen LogP contribution in [-0.2, 0) is 4.74 Å². The fourth-order valence-corrected chi connectivity index (χ4v) is 1.57. The van der Waals surface area contributed by atoms with Gasteiger partial charge in [0, 0.05) is 6.61 Å². The lowest BCUT2D eigenvalue weighted by atomic mass is 10.3. The van der Waals surface area contributed by atoms with Gasteiger partial charge in [-0.05, 0) is 13.3 Å². The first-order chi connectivity index (χ1) is 9.40. The van der Waals surface area contributed by atoms with E-state index in [2.05, 4.69) is 0 Å². The minimum atomic E-state index is -1.10. The van der Waals surface area contributed by atoms with E-state index in [9.17, 15) is 19.7 Å². The van der Waals surface area contributed by atoms with Crippen molar-refractivity contribution in [3.05, 3.63) is 37.1 Å². The highest BCUT2D eigenvalue weighted by molar-refractivity contribution is 5.20. The number of hydrogen-bond donors (Lipinski definition) is 3. The van der Waals surface area contributed by atoms with Gasteiger partial charge in [0.05, 0.1) is 23.8 Å². The molecule has 0 aliphatic carbocycles. The summed E-state index contributed by atoms with van der Waals surface area (Å²) >= 11 is 0. The van der Waals surface area contributed by atoms with Crippen molar-refractivity contribution in [3.63, 3.8) is 0 Å². The van der Waals surface area contributed by atoms with Crippen LogP contribution in [0.1, 0.15) is 19.6 Å². The average Bonchev–Trinajstić information content (AvgIpc) is 2.37. The molecule has 0 saturated heterocycles. The van der Waals surface area contributed by atoms with Gasteiger partial charge in [0.2, 0.25) is 0 Å². The number of nitro groups is 1. The predicted molar refractivity (Wildman–Crippen MR) is 66.3 cm³/mol. The van der Waals surface area contributed by atoms with Crippen LogP contribution in [0.15, 0.2) is 15.8 Å². The third-order valence-electron chi connectivity index (χ3n) is 2.58. The zero-order chi connectivity index (χ0) is 15.3. The van der Waals surface area contributed by atoms with Gasteiger partial charge in [-0.3, -0.25) is 24.5 Å². The molecule has 1 unspecified atom stereocenters. The lowest BCUT2D eigenvalue weighted by Crippen LogP contribution is -2.35. The molecule has 0 aromatic carbocycles.